The summed E-state index contributed by atoms with van der Waals surface area (Å²) in [5, 5.41) is 44.5. The van der Waals surface area contributed by atoms with Crippen LogP contribution in [-0.4, -0.2) is 84.7 Å². The predicted octanol–water partition coefficient (Wildman–Crippen LogP) is 5.43. The van der Waals surface area contributed by atoms with E-state index in [0.717, 1.165) is 23.1 Å². The molecule has 0 saturated heterocycles. The Hall–Kier alpha value is -6.38. The lowest BCUT2D eigenvalue weighted by atomic mass is 10.1. The minimum absolute atomic E-state index is 0.136. The first-order chi connectivity index (χ1) is 26.2. The summed E-state index contributed by atoms with van der Waals surface area (Å²) in [6.07, 6.45) is 0.614. The van der Waals surface area contributed by atoms with Gasteiger partial charge < -0.3 is 51.4 Å². The van der Waals surface area contributed by atoms with Gasteiger partial charge in [0.05, 0.1) is 50.1 Å². The van der Waals surface area contributed by atoms with E-state index in [4.69, 9.17) is 19.6 Å². The summed E-state index contributed by atoms with van der Waals surface area (Å²) in [5.74, 6) is 0.0638. The van der Waals surface area contributed by atoms with E-state index in [0.29, 0.717) is 74.8 Å². The van der Waals surface area contributed by atoms with E-state index >= 15 is 0 Å². The highest BCUT2D eigenvalue weighted by atomic mass is 16.5. The molecule has 14 heteroatoms. The summed E-state index contributed by atoms with van der Waals surface area (Å²) < 4.78 is 11.2. The number of anilines is 2. The number of carbonyl (C=O) groups is 2. The zero-order valence-corrected chi connectivity index (χ0v) is 30.3. The van der Waals surface area contributed by atoms with Crippen LogP contribution < -0.4 is 26.6 Å². The number of aromatic carboxylic acids is 1. The first-order valence-electron chi connectivity index (χ1n) is 17.4. The maximum absolute atomic E-state index is 12.1. The number of aromatic hydroxyl groups is 1. The Morgan fingerprint density at radius 2 is 1.43 bits per heavy atom. The second-order valence-electron chi connectivity index (χ2n) is 11.9. The van der Waals surface area contributed by atoms with Crippen molar-refractivity contribution in [3.63, 3.8) is 0 Å². The maximum Gasteiger partial charge on any atom is 0.335 e. The van der Waals surface area contributed by atoms with Crippen LogP contribution in [0.15, 0.2) is 119 Å². The minimum Gasteiger partial charge on any atom is -0.513 e. The van der Waals surface area contributed by atoms with Crippen molar-refractivity contribution in [2.45, 2.75) is 26.6 Å². The molecule has 0 aliphatic rings. The number of phenols is 1. The van der Waals surface area contributed by atoms with Crippen molar-refractivity contribution in [1.29, 1.82) is 0 Å². The monoisotopic (exact) mass is 737 g/mol. The highest BCUT2D eigenvalue weighted by molar-refractivity contribution is 6.05. The number of benzene rings is 4. The third-order valence-electron chi connectivity index (χ3n) is 7.66. The van der Waals surface area contributed by atoms with Gasteiger partial charge in [0.15, 0.2) is 0 Å². The number of ether oxygens (including phenoxy) is 2. The summed E-state index contributed by atoms with van der Waals surface area (Å²) in [6, 6.07) is 29.6. The van der Waals surface area contributed by atoms with E-state index in [2.05, 4.69) is 31.6 Å². The Kier molecular flexibility index (Phi) is 16.4. The molecule has 0 aromatic heterocycles. The molecule has 0 aliphatic heterocycles. The third kappa shape index (κ3) is 14.3. The Morgan fingerprint density at radius 1 is 0.778 bits per heavy atom. The Bertz CT molecular complexity index is 1850. The first kappa shape index (κ1) is 40.4. The fraction of sp³-hybridized carbons (Fsp3) is 0.250. The van der Waals surface area contributed by atoms with Crippen LogP contribution in [0.5, 0.6) is 5.75 Å². The molecular weight excluding hydrogens is 690 g/mol. The average molecular weight is 738 g/mol. The number of hydrogen-bond donors (Lipinski definition) is 8. The predicted molar refractivity (Wildman–Crippen MR) is 211 cm³/mol. The molecule has 0 aliphatic carbocycles. The molecule has 1 atom stereocenters. The Labute approximate surface area is 314 Å². The topological polar surface area (TPSA) is 198 Å². The van der Waals surface area contributed by atoms with Gasteiger partial charge >= 0.3 is 5.97 Å². The van der Waals surface area contributed by atoms with Gasteiger partial charge in [-0.25, -0.2) is 9.79 Å². The smallest absolute Gasteiger partial charge is 0.335 e. The molecular formula is C40H47N7O7. The van der Waals surface area contributed by atoms with Gasteiger partial charge in [-0.15, -0.1) is 0 Å². The van der Waals surface area contributed by atoms with Crippen molar-refractivity contribution in [2.24, 2.45) is 9.98 Å². The number of aliphatic hydroxyl groups excluding tert-OH is 1. The molecule has 4 rings (SSSR count). The van der Waals surface area contributed by atoms with Crippen LogP contribution in [0.2, 0.25) is 0 Å². The van der Waals surface area contributed by atoms with E-state index in [9.17, 15) is 19.8 Å². The summed E-state index contributed by atoms with van der Waals surface area (Å²) in [4.78, 5) is 32.5. The van der Waals surface area contributed by atoms with Gasteiger partial charge in [0, 0.05) is 35.6 Å². The lowest BCUT2D eigenvalue weighted by Crippen LogP contribution is -2.36. The molecule has 0 bridgehead atoms. The SMILES string of the molecule is CC(=NCCOCCOCCNC(=O)c1ccccc1)N/C(=N\C(C)Nc1ccc(/C(=C\O)NCc2ccc(C(=O)O)cc2)cc1)Nc1ccc(O)cc1. The first-order valence-corrected chi connectivity index (χ1v) is 17.4. The molecule has 0 heterocycles. The number of carboxylic acids is 1. The number of carboxylic acid groups (broad SMARTS) is 1. The second-order valence-corrected chi connectivity index (χ2v) is 11.9. The molecule has 0 radical (unpaired) electrons. The Balaban J connectivity index is 1.23. The number of aliphatic hydroxyl groups is 1. The van der Waals surface area contributed by atoms with Crippen LogP contribution in [0.25, 0.3) is 5.70 Å². The van der Waals surface area contributed by atoms with Crippen molar-refractivity contribution < 1.29 is 34.4 Å². The number of amidine groups is 1. The number of nitrogens with one attached hydrogen (secondary N) is 5. The summed E-state index contributed by atoms with van der Waals surface area (Å²) >= 11 is 0. The normalized spacial score (nSPS) is 12.4. The van der Waals surface area contributed by atoms with Crippen LogP contribution in [0.3, 0.4) is 0 Å². The quantitative estimate of drug-likeness (QED) is 0.0201. The standard InChI is InChI=1S/C40H47N7O7/c1-28(41-20-22-53-24-25-54-23-21-42-38(50)32-6-4-3-5-7-32)45-40(47-35-16-18-36(49)19-17-35)46-29(2)44-34-14-12-31(13-15-34)37(27-48)43-26-30-8-10-33(11-9-30)39(51)52/h3-19,27,29,43-44,48-49H,20-26H2,1-2H3,(H,42,50)(H,51,52)(H2,41,45,46,47)/b37-27+. The van der Waals surface area contributed by atoms with Gasteiger partial charge in [-0.3, -0.25) is 9.79 Å². The largest absolute Gasteiger partial charge is 0.513 e. The molecule has 284 valence electrons. The maximum atomic E-state index is 12.1. The highest BCUT2D eigenvalue weighted by Crippen LogP contribution is 2.18. The zero-order valence-electron chi connectivity index (χ0n) is 30.3. The fourth-order valence-electron chi connectivity index (χ4n) is 4.91. The van der Waals surface area contributed by atoms with Crippen LogP contribution in [-0.2, 0) is 16.0 Å². The van der Waals surface area contributed by atoms with E-state index in [-0.39, 0.29) is 23.4 Å². The molecule has 1 unspecified atom stereocenters. The molecule has 0 fully saturated rings. The molecule has 4 aromatic rings. The van der Waals surface area contributed by atoms with E-state index < -0.39 is 5.97 Å². The van der Waals surface area contributed by atoms with Crippen molar-refractivity contribution in [3.05, 3.63) is 132 Å². The molecule has 14 nitrogen and oxygen atoms in total. The number of guanidine groups is 1. The summed E-state index contributed by atoms with van der Waals surface area (Å²) in [6.45, 7) is 6.49. The fourth-order valence-corrected chi connectivity index (χ4v) is 4.91. The van der Waals surface area contributed by atoms with Gasteiger partial charge in [0.2, 0.25) is 5.96 Å². The minimum atomic E-state index is -0.985. The summed E-state index contributed by atoms with van der Waals surface area (Å²) in [5.41, 5.74) is 4.45. The average Bonchev–Trinajstić information content (AvgIpc) is 3.17. The lowest BCUT2D eigenvalue weighted by molar-refractivity contribution is 0.0512. The molecule has 4 aromatic carbocycles. The number of aliphatic imine (C=N–C) groups is 2. The van der Waals surface area contributed by atoms with Crippen LogP contribution >= 0.6 is 0 Å². The van der Waals surface area contributed by atoms with Gasteiger partial charge in [0.1, 0.15) is 18.2 Å². The van der Waals surface area contributed by atoms with Crippen LogP contribution in [0, 0.1) is 0 Å². The Morgan fingerprint density at radius 3 is 2.09 bits per heavy atom. The summed E-state index contributed by atoms with van der Waals surface area (Å²) in [7, 11) is 0. The number of nitrogens with zero attached hydrogens (tertiary/aromatic N) is 2. The van der Waals surface area contributed by atoms with Gasteiger partial charge in [-0.1, -0.05) is 42.5 Å². The van der Waals surface area contributed by atoms with Gasteiger partial charge in [-0.05, 0) is 80.1 Å². The number of carbonyl (C=O) groups excluding carboxylic acids is 1. The molecule has 8 N–H and O–H groups in total. The van der Waals surface area contributed by atoms with Gasteiger partial charge in [-0.2, -0.15) is 0 Å². The van der Waals surface area contributed by atoms with Crippen molar-refractivity contribution in [1.82, 2.24) is 16.0 Å². The number of amides is 1. The molecule has 0 saturated carbocycles. The van der Waals surface area contributed by atoms with Crippen molar-refractivity contribution in [3.8, 4) is 5.75 Å². The zero-order chi connectivity index (χ0) is 38.5. The van der Waals surface area contributed by atoms with E-state index in [1.54, 1.807) is 48.5 Å². The number of phenolic OH excluding ortho intramolecular Hbond substituents is 1. The van der Waals surface area contributed by atoms with E-state index in [1.807, 2.05) is 56.3 Å². The molecule has 54 heavy (non-hydrogen) atoms. The van der Waals surface area contributed by atoms with Crippen LogP contribution in [0.1, 0.15) is 45.7 Å². The lowest BCUT2D eigenvalue weighted by Gasteiger charge is -2.17. The molecule has 0 spiro atoms. The van der Waals surface area contributed by atoms with Crippen molar-refractivity contribution >= 4 is 40.7 Å². The number of rotatable bonds is 19. The third-order valence-corrected chi connectivity index (χ3v) is 7.66. The highest BCUT2D eigenvalue weighted by Gasteiger charge is 2.09. The molecule has 1 amide bonds. The van der Waals surface area contributed by atoms with E-state index in [1.165, 1.54) is 12.1 Å². The van der Waals surface area contributed by atoms with Gasteiger partial charge in [0.25, 0.3) is 5.91 Å². The second kappa shape index (κ2) is 21.9. The van der Waals surface area contributed by atoms with Crippen molar-refractivity contribution in [2.75, 3.05) is 50.2 Å². The number of hydrogen-bond acceptors (Lipinski definition) is 10. The van der Waals surface area contributed by atoms with Crippen LogP contribution in [0.4, 0.5) is 11.4 Å².